The molecule has 0 radical (unpaired) electrons. The number of hydrogen-bond donors (Lipinski definition) is 2. The van der Waals surface area contributed by atoms with E-state index in [0.717, 1.165) is 94.9 Å². The van der Waals surface area contributed by atoms with Gasteiger partial charge in [0.25, 0.3) is 0 Å². The van der Waals surface area contributed by atoms with E-state index < -0.39 is 17.3 Å². The van der Waals surface area contributed by atoms with E-state index in [0.29, 0.717) is 11.5 Å². The highest BCUT2D eigenvalue weighted by atomic mass is 19.4. The Morgan fingerprint density at radius 2 is 1.56 bits per heavy atom. The van der Waals surface area contributed by atoms with Gasteiger partial charge in [-0.3, -0.25) is 9.69 Å². The quantitative estimate of drug-likeness (QED) is 0.133. The monoisotopic (exact) mass is 624 g/mol. The van der Waals surface area contributed by atoms with Crippen LogP contribution in [0.15, 0.2) is 47.3 Å². The van der Waals surface area contributed by atoms with Gasteiger partial charge in [0.1, 0.15) is 0 Å². The van der Waals surface area contributed by atoms with Crippen LogP contribution in [0, 0.1) is 6.92 Å². The molecule has 9 heteroatoms. The van der Waals surface area contributed by atoms with Crippen molar-refractivity contribution in [1.82, 2.24) is 19.8 Å². The minimum Gasteiger partial charge on any atom is -0.379 e. The second-order valence-electron chi connectivity index (χ2n) is 12.4. The normalized spacial score (nSPS) is 14.6. The first-order valence-electron chi connectivity index (χ1n) is 16.6. The maximum absolute atomic E-state index is 14.0. The summed E-state index contributed by atoms with van der Waals surface area (Å²) in [7, 11) is 0. The number of benzene rings is 2. The third kappa shape index (κ3) is 8.37. The van der Waals surface area contributed by atoms with E-state index in [1.807, 2.05) is 19.9 Å². The van der Waals surface area contributed by atoms with E-state index in [4.69, 9.17) is 4.74 Å². The molecule has 5 rings (SSSR count). The van der Waals surface area contributed by atoms with Gasteiger partial charge in [-0.25, -0.2) is 0 Å². The fourth-order valence-electron chi connectivity index (χ4n) is 6.80. The van der Waals surface area contributed by atoms with Gasteiger partial charge in [0, 0.05) is 66.3 Å². The van der Waals surface area contributed by atoms with E-state index in [2.05, 4.69) is 44.0 Å². The van der Waals surface area contributed by atoms with Crippen LogP contribution < -0.4 is 10.9 Å². The molecule has 1 saturated heterocycles. The zero-order chi connectivity index (χ0) is 31.8. The average Bonchev–Trinajstić information content (AvgIpc) is 3.30. The van der Waals surface area contributed by atoms with Gasteiger partial charge in [-0.2, -0.15) is 13.2 Å². The number of aryl methyl sites for hydroxylation is 2. The Bertz CT molecular complexity index is 1600. The van der Waals surface area contributed by atoms with E-state index in [1.165, 1.54) is 36.8 Å². The van der Waals surface area contributed by atoms with Crippen LogP contribution in [-0.4, -0.2) is 47.3 Å². The van der Waals surface area contributed by atoms with Crippen molar-refractivity contribution in [2.45, 2.75) is 91.0 Å². The van der Waals surface area contributed by atoms with Crippen LogP contribution in [0.4, 0.5) is 13.2 Å². The number of ether oxygens (including phenoxy) is 1. The van der Waals surface area contributed by atoms with Crippen molar-refractivity contribution in [3.05, 3.63) is 80.8 Å². The lowest BCUT2D eigenvalue weighted by atomic mass is 10.0. The number of halogens is 3. The molecule has 1 aliphatic rings. The SMILES string of the molecule is CCc1c(C)c2c3c(C(F)(F)F)cc(=O)[nH]c3ccc2n1CCCCCCCCCNCc1ccc(CN2CCOCC2)cc1. The summed E-state index contributed by atoms with van der Waals surface area (Å²) in [6, 6.07) is 13.1. The molecule has 0 amide bonds. The standard InChI is InChI=1S/C36H47F3N4O2/c1-3-31-26(2)34-32(16-15-30-35(34)29(36(37,38)39)23-33(44)41-30)43(31)18-10-8-6-4-5-7-9-17-40-24-27-11-13-28(14-12-27)25-42-19-21-45-22-20-42/h11-16,23,40H,3-10,17-22,24-25H2,1-2H3,(H,41,44). The van der Waals surface area contributed by atoms with Crippen molar-refractivity contribution < 1.29 is 17.9 Å². The molecular weight excluding hydrogens is 577 g/mol. The number of rotatable bonds is 15. The zero-order valence-electron chi connectivity index (χ0n) is 26.7. The van der Waals surface area contributed by atoms with Crippen molar-refractivity contribution in [2.75, 3.05) is 32.8 Å². The van der Waals surface area contributed by atoms with E-state index in [-0.39, 0.29) is 10.9 Å². The number of H-pyrrole nitrogens is 1. The summed E-state index contributed by atoms with van der Waals surface area (Å²) in [5.74, 6) is 0. The van der Waals surface area contributed by atoms with Gasteiger partial charge in [-0.1, -0.05) is 63.3 Å². The number of hydrogen-bond acceptors (Lipinski definition) is 4. The summed E-state index contributed by atoms with van der Waals surface area (Å²) in [6.07, 6.45) is 4.17. The Kier molecular flexibility index (Phi) is 11.4. The number of pyridine rings is 1. The van der Waals surface area contributed by atoms with Gasteiger partial charge in [-0.15, -0.1) is 0 Å². The van der Waals surface area contributed by atoms with Crippen LogP contribution in [0.2, 0.25) is 0 Å². The Morgan fingerprint density at radius 1 is 0.889 bits per heavy atom. The fourth-order valence-corrected chi connectivity index (χ4v) is 6.80. The molecule has 0 unspecified atom stereocenters. The van der Waals surface area contributed by atoms with Crippen LogP contribution in [0.25, 0.3) is 21.8 Å². The first kappa shape index (κ1) is 33.2. The first-order chi connectivity index (χ1) is 21.8. The van der Waals surface area contributed by atoms with Crippen LogP contribution in [-0.2, 0) is 37.0 Å². The Balaban J connectivity index is 1.03. The molecule has 4 aromatic rings. The Hall–Kier alpha value is -3.14. The molecule has 2 N–H and O–H groups in total. The summed E-state index contributed by atoms with van der Waals surface area (Å²) in [5, 5.41) is 4.27. The van der Waals surface area contributed by atoms with E-state index in [1.54, 1.807) is 6.07 Å². The highest BCUT2D eigenvalue weighted by Crippen LogP contribution is 2.39. The molecule has 0 bridgehead atoms. The van der Waals surface area contributed by atoms with Crippen molar-refractivity contribution in [3.63, 3.8) is 0 Å². The van der Waals surface area contributed by atoms with Crippen molar-refractivity contribution in [2.24, 2.45) is 0 Å². The first-order valence-corrected chi connectivity index (χ1v) is 16.6. The number of fused-ring (bicyclic) bond motifs is 3. The van der Waals surface area contributed by atoms with Gasteiger partial charge in [0.2, 0.25) is 5.56 Å². The minimum absolute atomic E-state index is 0.0948. The largest absolute Gasteiger partial charge is 0.417 e. The molecule has 0 spiro atoms. The molecule has 0 atom stereocenters. The predicted octanol–water partition coefficient (Wildman–Crippen LogP) is 7.73. The Labute approximate surface area is 264 Å². The summed E-state index contributed by atoms with van der Waals surface area (Å²) in [5.41, 5.74) is 4.05. The molecule has 2 aromatic heterocycles. The fraction of sp³-hybridized carbons (Fsp3) is 0.528. The lowest BCUT2D eigenvalue weighted by molar-refractivity contribution is -0.136. The maximum atomic E-state index is 14.0. The molecule has 0 aliphatic carbocycles. The van der Waals surface area contributed by atoms with Gasteiger partial charge in [0.05, 0.1) is 18.8 Å². The summed E-state index contributed by atoms with van der Waals surface area (Å²) < 4.78 is 49.5. The smallest absolute Gasteiger partial charge is 0.379 e. The third-order valence-electron chi connectivity index (χ3n) is 9.15. The number of nitrogens with one attached hydrogen (secondary N) is 2. The predicted molar refractivity (Wildman–Crippen MR) is 176 cm³/mol. The van der Waals surface area contributed by atoms with Gasteiger partial charge < -0.3 is 19.6 Å². The molecule has 244 valence electrons. The highest BCUT2D eigenvalue weighted by Gasteiger charge is 2.34. The van der Waals surface area contributed by atoms with Crippen LogP contribution in [0.3, 0.4) is 0 Å². The number of alkyl halides is 3. The Morgan fingerprint density at radius 3 is 2.24 bits per heavy atom. The van der Waals surface area contributed by atoms with Crippen LogP contribution in [0.1, 0.15) is 79.8 Å². The van der Waals surface area contributed by atoms with Crippen LogP contribution >= 0.6 is 0 Å². The number of aromatic amines is 1. The second kappa shape index (κ2) is 15.4. The number of unbranched alkanes of at least 4 members (excludes halogenated alkanes) is 6. The summed E-state index contributed by atoms with van der Waals surface area (Å²) >= 11 is 0. The van der Waals surface area contributed by atoms with Gasteiger partial charge in [-0.05, 0) is 61.6 Å². The molecule has 3 heterocycles. The van der Waals surface area contributed by atoms with E-state index >= 15 is 0 Å². The van der Waals surface area contributed by atoms with Crippen LogP contribution in [0.5, 0.6) is 0 Å². The summed E-state index contributed by atoms with van der Waals surface area (Å²) in [6.45, 7) is 11.3. The number of nitrogens with zero attached hydrogens (tertiary/aromatic N) is 2. The third-order valence-corrected chi connectivity index (χ3v) is 9.15. The molecule has 45 heavy (non-hydrogen) atoms. The molecule has 1 aliphatic heterocycles. The minimum atomic E-state index is -4.60. The van der Waals surface area contributed by atoms with Gasteiger partial charge in [0.15, 0.2) is 0 Å². The highest BCUT2D eigenvalue weighted by molar-refractivity contribution is 6.09. The lowest BCUT2D eigenvalue weighted by Gasteiger charge is -2.26. The molecule has 6 nitrogen and oxygen atoms in total. The van der Waals surface area contributed by atoms with Crippen molar-refractivity contribution in [1.29, 1.82) is 0 Å². The van der Waals surface area contributed by atoms with Crippen molar-refractivity contribution >= 4 is 21.8 Å². The second-order valence-corrected chi connectivity index (χ2v) is 12.4. The average molecular weight is 625 g/mol. The lowest BCUT2D eigenvalue weighted by Crippen LogP contribution is -2.35. The number of aromatic nitrogens is 2. The molecular formula is C36H47F3N4O2. The van der Waals surface area contributed by atoms with E-state index in [9.17, 15) is 18.0 Å². The maximum Gasteiger partial charge on any atom is 0.417 e. The topological polar surface area (TPSA) is 62.3 Å². The van der Waals surface area contributed by atoms with Gasteiger partial charge >= 0.3 is 6.18 Å². The summed E-state index contributed by atoms with van der Waals surface area (Å²) in [4.78, 5) is 17.0. The van der Waals surface area contributed by atoms with Crippen molar-refractivity contribution in [3.8, 4) is 0 Å². The zero-order valence-corrected chi connectivity index (χ0v) is 26.7. The molecule has 2 aromatic carbocycles. The number of morpholine rings is 1. The molecule has 0 saturated carbocycles. The molecule has 1 fully saturated rings.